The molecule has 0 heterocycles. The van der Waals surface area contributed by atoms with Crippen molar-refractivity contribution < 1.29 is 14.3 Å². The van der Waals surface area contributed by atoms with Crippen LogP contribution < -0.4 is 4.74 Å². The van der Waals surface area contributed by atoms with Gasteiger partial charge in [-0.1, -0.05) is 64.3 Å². The van der Waals surface area contributed by atoms with Crippen LogP contribution in [0.25, 0.3) is 0 Å². The summed E-state index contributed by atoms with van der Waals surface area (Å²) in [4.78, 5) is 24.7. The van der Waals surface area contributed by atoms with E-state index in [4.69, 9.17) is 4.74 Å². The van der Waals surface area contributed by atoms with Crippen molar-refractivity contribution >= 4 is 30.1 Å². The number of unbranched alkanes of at least 4 members (excludes halogenated alkanes) is 3. The first-order valence-corrected chi connectivity index (χ1v) is 15.7. The summed E-state index contributed by atoms with van der Waals surface area (Å²) in [6.07, 6.45) is 13.3. The lowest BCUT2D eigenvalue weighted by Gasteiger charge is -2.28. The minimum absolute atomic E-state index is 0.0331. The smallest absolute Gasteiger partial charge is 0.308 e. The molecule has 0 radical (unpaired) electrons. The maximum absolute atomic E-state index is 12.8. The van der Waals surface area contributed by atoms with Crippen molar-refractivity contribution in [2.24, 2.45) is 0 Å². The van der Waals surface area contributed by atoms with Gasteiger partial charge in [-0.3, -0.25) is 9.59 Å². The topological polar surface area (TPSA) is 43.4 Å². The third-order valence-electron chi connectivity index (χ3n) is 5.96. The van der Waals surface area contributed by atoms with Gasteiger partial charge in [0.05, 0.1) is 24.6 Å². The first-order chi connectivity index (χ1) is 15.9. The fourth-order valence-electron chi connectivity index (χ4n) is 4.09. The number of carbonyl (C=O) groups excluding carboxylic acids is 2. The zero-order valence-electron chi connectivity index (χ0n) is 20.8. The molecule has 5 heteroatoms. The van der Waals surface area contributed by atoms with E-state index in [0.29, 0.717) is 5.75 Å². The van der Waals surface area contributed by atoms with Crippen LogP contribution in [0.1, 0.15) is 82.1 Å². The fourth-order valence-corrected chi connectivity index (χ4v) is 9.93. The molecule has 33 heavy (non-hydrogen) atoms. The molecule has 0 unspecified atom stereocenters. The number of carbonyl (C=O) groups is 2. The van der Waals surface area contributed by atoms with Gasteiger partial charge in [-0.15, -0.1) is 0 Å². The van der Waals surface area contributed by atoms with Crippen molar-refractivity contribution in [2.45, 2.75) is 77.3 Å². The van der Waals surface area contributed by atoms with Gasteiger partial charge in [0.25, 0.3) is 0 Å². The molecule has 180 valence electrons. The van der Waals surface area contributed by atoms with Gasteiger partial charge in [0.1, 0.15) is 5.75 Å². The van der Waals surface area contributed by atoms with Crippen LogP contribution in [0.4, 0.5) is 0 Å². The molecule has 2 rings (SSSR count). The minimum Gasteiger partial charge on any atom is -0.427 e. The monoisotopic (exact) mass is 487 g/mol. The third-order valence-corrected chi connectivity index (χ3v) is 11.7. The summed E-state index contributed by atoms with van der Waals surface area (Å²) in [6, 6.07) is 15.4. The minimum atomic E-state index is -1.00. The third kappa shape index (κ3) is 9.63. The van der Waals surface area contributed by atoms with Crippen molar-refractivity contribution in [3.8, 4) is 5.75 Å². The van der Waals surface area contributed by atoms with E-state index in [1.807, 2.05) is 24.3 Å². The number of hydrogen-bond donors (Lipinski definition) is 0. The predicted molar refractivity (Wildman–Crippen MR) is 144 cm³/mol. The van der Waals surface area contributed by atoms with Crippen LogP contribution in [0.3, 0.4) is 0 Å². The molecule has 0 fully saturated rings. The van der Waals surface area contributed by atoms with Gasteiger partial charge in [0, 0.05) is 24.6 Å². The Balaban J connectivity index is 2.07. The quantitative estimate of drug-likeness (QED) is 0.116. The molecule has 0 atom stereocenters. The van der Waals surface area contributed by atoms with Crippen LogP contribution in [0, 0.1) is 0 Å². The van der Waals surface area contributed by atoms with Crippen LogP contribution in [0.2, 0.25) is 0 Å². The Morgan fingerprint density at radius 3 is 1.76 bits per heavy atom. The fraction of sp³-hybridized carbons (Fsp3) is 0.500. The van der Waals surface area contributed by atoms with E-state index in [9.17, 15) is 9.59 Å². The molecule has 0 N–H and O–H groups in total. The van der Waals surface area contributed by atoms with Crippen LogP contribution in [0.5, 0.6) is 5.75 Å². The molecule has 0 aliphatic heterocycles. The Labute approximate surface area is 205 Å². The Morgan fingerprint density at radius 1 is 0.788 bits per heavy atom. The van der Waals surface area contributed by atoms with E-state index in [1.165, 1.54) is 87.4 Å². The van der Waals surface area contributed by atoms with E-state index in [2.05, 4.69) is 32.9 Å². The molecule has 0 aliphatic rings. The molecule has 0 bridgehead atoms. The zero-order chi connectivity index (χ0) is 24.1. The Kier molecular flexibility index (Phi) is 12.2. The van der Waals surface area contributed by atoms with Gasteiger partial charge in [0.2, 0.25) is 5.12 Å². The van der Waals surface area contributed by atoms with E-state index >= 15 is 0 Å². The largest absolute Gasteiger partial charge is 0.427 e. The summed E-state index contributed by atoms with van der Waals surface area (Å²) in [6.45, 7) is 8.28. The van der Waals surface area contributed by atoms with Gasteiger partial charge < -0.3 is 4.74 Å². The van der Waals surface area contributed by atoms with Gasteiger partial charge >= 0.3 is 5.97 Å². The molecule has 0 aromatic heterocycles. The highest BCUT2D eigenvalue weighted by Gasteiger charge is 2.35. The Bertz CT molecular complexity index is 840. The normalized spacial score (nSPS) is 11.4. The number of ether oxygens (including phenoxy) is 1. The lowest BCUT2D eigenvalue weighted by molar-refractivity contribution is -0.131. The van der Waals surface area contributed by atoms with E-state index in [1.54, 1.807) is 12.1 Å². The van der Waals surface area contributed by atoms with Crippen molar-refractivity contribution in [2.75, 3.05) is 18.5 Å². The highest BCUT2D eigenvalue weighted by Crippen LogP contribution is 2.63. The number of rotatable bonds is 14. The summed E-state index contributed by atoms with van der Waals surface area (Å²) in [5, 5.41) is 0.0331. The molecule has 0 saturated heterocycles. The summed E-state index contributed by atoms with van der Waals surface area (Å²) in [5.74, 6) is 0.141. The second-order valence-electron chi connectivity index (χ2n) is 8.88. The molecule has 3 nitrogen and oxygen atoms in total. The van der Waals surface area contributed by atoms with Gasteiger partial charge in [-0.05, 0) is 60.9 Å². The first-order valence-electron chi connectivity index (χ1n) is 12.4. The van der Waals surface area contributed by atoms with Gasteiger partial charge in [-0.2, -0.15) is 0 Å². The number of hydrogen-bond acceptors (Lipinski definition) is 4. The number of benzene rings is 2. The average molecular weight is 488 g/mol. The molecule has 2 aromatic carbocycles. The van der Waals surface area contributed by atoms with E-state index < -0.39 is 7.26 Å². The molecule has 2 aromatic rings. The number of esters is 1. The number of thioether (sulfide) groups is 1. The zero-order valence-corrected chi connectivity index (χ0v) is 22.5. The second-order valence-corrected chi connectivity index (χ2v) is 14.3. The van der Waals surface area contributed by atoms with Crippen molar-refractivity contribution in [1.82, 2.24) is 0 Å². The predicted octanol–water partition coefficient (Wildman–Crippen LogP) is 8.46. The van der Waals surface area contributed by atoms with Gasteiger partial charge in [0.15, 0.2) is 0 Å². The van der Waals surface area contributed by atoms with Crippen LogP contribution in [-0.2, 0) is 11.0 Å². The molecule has 0 amide bonds. The Hall–Kier alpha value is -1.64. The molecule has 0 spiro atoms. The second kappa shape index (κ2) is 14.6. The van der Waals surface area contributed by atoms with Crippen molar-refractivity contribution in [3.05, 3.63) is 59.7 Å². The molecule has 0 aliphatic carbocycles. The van der Waals surface area contributed by atoms with Crippen molar-refractivity contribution in [1.29, 1.82) is 0 Å². The lowest BCUT2D eigenvalue weighted by atomic mass is 10.2. The summed E-state index contributed by atoms with van der Waals surface area (Å²) >= 11 is 1.20. The van der Waals surface area contributed by atoms with Crippen molar-refractivity contribution in [3.63, 3.8) is 0 Å². The maximum Gasteiger partial charge on any atom is 0.308 e. The summed E-state index contributed by atoms with van der Waals surface area (Å²) < 4.78 is 5.05. The Morgan fingerprint density at radius 2 is 1.30 bits per heavy atom. The summed E-state index contributed by atoms with van der Waals surface area (Å²) in [7, 11) is -1.00. The van der Waals surface area contributed by atoms with E-state index in [-0.39, 0.29) is 11.1 Å². The first kappa shape index (κ1) is 27.6. The van der Waals surface area contributed by atoms with Crippen LogP contribution in [-0.4, -0.2) is 29.6 Å². The standard InChI is InChI=1S/C28H40O3PS/c1-5-8-19-32(20-9-6-2,21-10-7-3)22-24-11-13-25(14-12-24)28(30)33-27-17-15-26(16-18-27)31-23(4)29/h11-18H,5-10,19-22H2,1-4H3/q+1. The van der Waals surface area contributed by atoms with Crippen LogP contribution >= 0.6 is 19.0 Å². The highest BCUT2D eigenvalue weighted by atomic mass is 32.2. The summed E-state index contributed by atoms with van der Waals surface area (Å²) in [5.41, 5.74) is 2.12. The van der Waals surface area contributed by atoms with Crippen LogP contribution in [0.15, 0.2) is 53.4 Å². The highest BCUT2D eigenvalue weighted by molar-refractivity contribution is 8.14. The van der Waals surface area contributed by atoms with E-state index in [0.717, 1.165) is 10.5 Å². The lowest BCUT2D eigenvalue weighted by Crippen LogP contribution is -2.11. The average Bonchev–Trinajstić information content (AvgIpc) is 2.81. The molecular weight excluding hydrogens is 447 g/mol. The SMILES string of the molecule is CCCC[P+](CCCC)(CCCC)Cc1ccc(C(=O)Sc2ccc(OC(C)=O)cc2)cc1. The molecule has 0 saturated carbocycles. The van der Waals surface area contributed by atoms with Gasteiger partial charge in [-0.25, -0.2) is 0 Å². The molecular formula is C28H40O3PS+. The maximum atomic E-state index is 12.8.